The van der Waals surface area contributed by atoms with E-state index in [-0.39, 0.29) is 16.9 Å². The van der Waals surface area contributed by atoms with Crippen molar-refractivity contribution >= 4 is 11.7 Å². The van der Waals surface area contributed by atoms with Crippen molar-refractivity contribution in [3.8, 4) is 0 Å². The lowest BCUT2D eigenvalue weighted by Crippen LogP contribution is -2.24. The summed E-state index contributed by atoms with van der Waals surface area (Å²) in [6, 6.07) is 7.59. The highest BCUT2D eigenvalue weighted by Gasteiger charge is 2.39. The molecule has 106 valence electrons. The second-order valence-electron chi connectivity index (χ2n) is 4.50. The van der Waals surface area contributed by atoms with E-state index in [0.717, 1.165) is 0 Å². The number of hydrogen-bond donors (Lipinski definition) is 2. The Morgan fingerprint density at radius 1 is 1.24 bits per heavy atom. The molecule has 3 rings (SSSR count). The second kappa shape index (κ2) is 4.90. The van der Waals surface area contributed by atoms with Gasteiger partial charge in [-0.15, -0.1) is 0 Å². The first-order valence-electron chi connectivity index (χ1n) is 6.16. The molecular weight excluding hydrogens is 277 g/mol. The molecule has 2 heterocycles. The van der Waals surface area contributed by atoms with Gasteiger partial charge in [0.2, 0.25) is 5.78 Å². The number of amides is 1. The molecule has 1 unspecified atom stereocenters. The lowest BCUT2D eigenvalue weighted by Gasteiger charge is -2.14. The van der Waals surface area contributed by atoms with Crippen molar-refractivity contribution in [2.24, 2.45) is 0 Å². The second-order valence-corrected chi connectivity index (χ2v) is 4.50. The number of nitrogens with one attached hydrogen (secondary N) is 1. The number of ketones is 1. The van der Waals surface area contributed by atoms with Crippen LogP contribution >= 0.6 is 0 Å². The Labute approximate surface area is 118 Å². The molecule has 1 aromatic heterocycles. The zero-order chi connectivity index (χ0) is 15.0. The van der Waals surface area contributed by atoms with Crippen LogP contribution in [0, 0.1) is 5.82 Å². The summed E-state index contributed by atoms with van der Waals surface area (Å²) in [4.78, 5) is 24.0. The fraction of sp³-hybridized carbons (Fsp3) is 0.0667. The van der Waals surface area contributed by atoms with E-state index >= 15 is 0 Å². The van der Waals surface area contributed by atoms with Gasteiger partial charge in [-0.25, -0.2) is 4.39 Å². The van der Waals surface area contributed by atoms with E-state index in [4.69, 9.17) is 4.42 Å². The number of aliphatic hydroxyl groups is 1. The van der Waals surface area contributed by atoms with Crippen LogP contribution in [0.2, 0.25) is 0 Å². The summed E-state index contributed by atoms with van der Waals surface area (Å²) >= 11 is 0. The number of carbonyl (C=O) groups excluding carboxylic acids is 2. The van der Waals surface area contributed by atoms with Crippen molar-refractivity contribution in [2.45, 2.75) is 6.04 Å². The minimum absolute atomic E-state index is 0.0330. The van der Waals surface area contributed by atoms with E-state index in [1.165, 1.54) is 36.6 Å². The van der Waals surface area contributed by atoms with E-state index in [2.05, 4.69) is 5.32 Å². The molecule has 1 amide bonds. The maximum Gasteiger partial charge on any atom is 0.287 e. The highest BCUT2D eigenvalue weighted by atomic mass is 19.1. The fourth-order valence-corrected chi connectivity index (χ4v) is 2.25. The monoisotopic (exact) mass is 287 g/mol. The number of aliphatic hydroxyl groups excluding tert-OH is 1. The SMILES string of the molecule is O=C1NC(c2ccccc2F)C(C(=O)c2ccco2)=C1O. The molecule has 2 N–H and O–H groups in total. The fourth-order valence-electron chi connectivity index (χ4n) is 2.25. The van der Waals surface area contributed by atoms with Crippen molar-refractivity contribution in [1.82, 2.24) is 5.32 Å². The number of rotatable bonds is 3. The van der Waals surface area contributed by atoms with Gasteiger partial charge in [0.25, 0.3) is 5.91 Å². The lowest BCUT2D eigenvalue weighted by atomic mass is 9.95. The lowest BCUT2D eigenvalue weighted by molar-refractivity contribution is -0.119. The van der Waals surface area contributed by atoms with Gasteiger partial charge in [-0.2, -0.15) is 0 Å². The maximum absolute atomic E-state index is 13.9. The molecule has 0 aliphatic carbocycles. The van der Waals surface area contributed by atoms with Crippen LogP contribution in [0.4, 0.5) is 4.39 Å². The summed E-state index contributed by atoms with van der Waals surface area (Å²) < 4.78 is 18.9. The van der Waals surface area contributed by atoms with Gasteiger partial charge in [-0.05, 0) is 18.2 Å². The minimum atomic E-state index is -1.05. The van der Waals surface area contributed by atoms with Crippen molar-refractivity contribution in [3.63, 3.8) is 0 Å². The smallest absolute Gasteiger partial charge is 0.287 e. The molecule has 1 aliphatic heterocycles. The number of benzene rings is 1. The van der Waals surface area contributed by atoms with Gasteiger partial charge in [0.1, 0.15) is 5.82 Å². The topological polar surface area (TPSA) is 79.5 Å². The summed E-state index contributed by atoms with van der Waals surface area (Å²) in [6.07, 6.45) is 1.30. The zero-order valence-electron chi connectivity index (χ0n) is 10.7. The summed E-state index contributed by atoms with van der Waals surface area (Å²) in [5.41, 5.74) is -0.121. The van der Waals surface area contributed by atoms with Crippen LogP contribution < -0.4 is 5.32 Å². The number of Topliss-reactive ketones (excluding diaryl/α,β-unsaturated/α-hetero) is 1. The number of hydrogen-bond acceptors (Lipinski definition) is 4. The van der Waals surface area contributed by atoms with Crippen LogP contribution in [-0.2, 0) is 4.79 Å². The largest absolute Gasteiger partial charge is 0.503 e. The average molecular weight is 287 g/mol. The van der Waals surface area contributed by atoms with Crippen LogP contribution in [0.25, 0.3) is 0 Å². The molecule has 1 aliphatic rings. The molecule has 0 saturated heterocycles. The van der Waals surface area contributed by atoms with E-state index in [1.54, 1.807) is 6.07 Å². The predicted molar refractivity (Wildman–Crippen MR) is 70.0 cm³/mol. The van der Waals surface area contributed by atoms with Gasteiger partial charge in [0.15, 0.2) is 11.5 Å². The third-order valence-electron chi connectivity index (χ3n) is 3.24. The molecule has 1 aromatic carbocycles. The Bertz CT molecular complexity index is 749. The molecule has 0 bridgehead atoms. The first-order valence-corrected chi connectivity index (χ1v) is 6.16. The van der Waals surface area contributed by atoms with Crippen LogP contribution in [0.3, 0.4) is 0 Å². The summed E-state index contributed by atoms with van der Waals surface area (Å²) in [5.74, 6) is -2.82. The molecular formula is C15H10FNO4. The third-order valence-corrected chi connectivity index (χ3v) is 3.24. The van der Waals surface area contributed by atoms with Gasteiger partial charge in [0, 0.05) is 5.56 Å². The molecule has 2 aromatic rings. The van der Waals surface area contributed by atoms with Crippen molar-refractivity contribution < 1.29 is 23.5 Å². The number of furan rings is 1. The van der Waals surface area contributed by atoms with E-state index in [0.29, 0.717) is 0 Å². The maximum atomic E-state index is 13.9. The van der Waals surface area contributed by atoms with Gasteiger partial charge in [-0.1, -0.05) is 18.2 Å². The van der Waals surface area contributed by atoms with Gasteiger partial charge < -0.3 is 14.8 Å². The minimum Gasteiger partial charge on any atom is -0.503 e. The van der Waals surface area contributed by atoms with E-state index in [1.807, 2.05) is 0 Å². The van der Waals surface area contributed by atoms with Crippen molar-refractivity contribution in [1.29, 1.82) is 0 Å². The molecule has 0 spiro atoms. The predicted octanol–water partition coefficient (Wildman–Crippen LogP) is 2.28. The molecule has 1 atom stereocenters. The molecule has 21 heavy (non-hydrogen) atoms. The van der Waals surface area contributed by atoms with Crippen LogP contribution in [0.15, 0.2) is 58.4 Å². The van der Waals surface area contributed by atoms with Crippen LogP contribution in [0.5, 0.6) is 0 Å². The van der Waals surface area contributed by atoms with Crippen molar-refractivity contribution in [2.75, 3.05) is 0 Å². The molecule has 5 nitrogen and oxygen atoms in total. The Kier molecular flexibility index (Phi) is 3.06. The van der Waals surface area contributed by atoms with E-state index < -0.39 is 29.3 Å². The molecule has 0 radical (unpaired) electrons. The standard InChI is InChI=1S/C15H10FNO4/c16-9-5-2-1-4-8(9)12-11(14(19)15(20)17-12)13(18)10-6-3-7-21-10/h1-7,12,19H,(H,17,20). The molecule has 0 fully saturated rings. The van der Waals surface area contributed by atoms with Crippen LogP contribution in [-0.4, -0.2) is 16.8 Å². The molecule has 0 saturated carbocycles. The number of carbonyl (C=O) groups is 2. The highest BCUT2D eigenvalue weighted by molar-refractivity contribution is 6.14. The first kappa shape index (κ1) is 13.1. The van der Waals surface area contributed by atoms with Gasteiger partial charge >= 0.3 is 0 Å². The summed E-state index contributed by atoms with van der Waals surface area (Å²) in [5, 5.41) is 12.2. The quantitative estimate of drug-likeness (QED) is 0.849. The van der Waals surface area contributed by atoms with Crippen molar-refractivity contribution in [3.05, 3.63) is 71.1 Å². The van der Waals surface area contributed by atoms with Crippen LogP contribution in [0.1, 0.15) is 22.2 Å². The summed E-state index contributed by atoms with van der Waals surface area (Å²) in [7, 11) is 0. The Morgan fingerprint density at radius 2 is 2.00 bits per heavy atom. The van der Waals surface area contributed by atoms with E-state index in [9.17, 15) is 19.1 Å². The molecule has 6 heteroatoms. The number of halogens is 1. The summed E-state index contributed by atoms with van der Waals surface area (Å²) in [6.45, 7) is 0. The first-order chi connectivity index (χ1) is 10.1. The third kappa shape index (κ3) is 2.10. The van der Waals surface area contributed by atoms with Gasteiger partial charge in [-0.3, -0.25) is 9.59 Å². The van der Waals surface area contributed by atoms with Gasteiger partial charge in [0.05, 0.1) is 17.9 Å². The normalized spacial score (nSPS) is 18.0. The highest BCUT2D eigenvalue weighted by Crippen LogP contribution is 2.33. The average Bonchev–Trinajstić information content (AvgIpc) is 3.09. The Hall–Kier alpha value is -2.89. The Morgan fingerprint density at radius 3 is 2.67 bits per heavy atom. The zero-order valence-corrected chi connectivity index (χ0v) is 10.7. The Balaban J connectivity index is 2.08.